The van der Waals surface area contributed by atoms with Gasteiger partial charge in [0.2, 0.25) is 0 Å². The zero-order valence-corrected chi connectivity index (χ0v) is 13.1. The number of pyridine rings is 1. The van der Waals surface area contributed by atoms with Gasteiger partial charge in [0.25, 0.3) is 0 Å². The summed E-state index contributed by atoms with van der Waals surface area (Å²) in [7, 11) is 0. The minimum atomic E-state index is 0.894. The van der Waals surface area contributed by atoms with Crippen molar-refractivity contribution < 1.29 is 0 Å². The summed E-state index contributed by atoms with van der Waals surface area (Å²) in [4.78, 5) is 6.81. The predicted molar refractivity (Wildman–Crippen MR) is 87.5 cm³/mol. The van der Waals surface area contributed by atoms with Gasteiger partial charge in [-0.1, -0.05) is 42.9 Å². The molecule has 0 spiro atoms. The fraction of sp³-hybridized carbons (Fsp3) is 0.389. The summed E-state index contributed by atoms with van der Waals surface area (Å²) in [5.74, 6) is 0. The summed E-state index contributed by atoms with van der Waals surface area (Å²) in [5.41, 5.74) is 3.87. The Balaban J connectivity index is 2.72. The molecule has 0 aliphatic rings. The highest BCUT2D eigenvalue weighted by Crippen LogP contribution is 2.10. The van der Waals surface area contributed by atoms with Gasteiger partial charge in [0.15, 0.2) is 0 Å². The number of hydrogen-bond acceptors (Lipinski definition) is 2. The van der Waals surface area contributed by atoms with Crippen LogP contribution < -0.4 is 0 Å². The lowest BCUT2D eigenvalue weighted by molar-refractivity contribution is 0.302. The Labute approximate surface area is 123 Å². The zero-order valence-electron chi connectivity index (χ0n) is 13.1. The maximum atomic E-state index is 4.41. The molecule has 0 atom stereocenters. The van der Waals surface area contributed by atoms with Crippen LogP contribution in [-0.2, 0) is 6.54 Å². The highest BCUT2D eigenvalue weighted by molar-refractivity contribution is 5.27. The minimum Gasteiger partial charge on any atom is -0.294 e. The van der Waals surface area contributed by atoms with Crippen LogP contribution in [0.5, 0.6) is 0 Å². The maximum absolute atomic E-state index is 4.41. The molecular formula is C18H26N2. The van der Waals surface area contributed by atoms with Crippen molar-refractivity contribution in [2.45, 2.75) is 34.2 Å². The fourth-order valence-electron chi connectivity index (χ4n) is 1.90. The number of rotatable bonds is 7. The van der Waals surface area contributed by atoms with E-state index in [1.54, 1.807) is 0 Å². The largest absolute Gasteiger partial charge is 0.294 e. The molecule has 20 heavy (non-hydrogen) atoms. The van der Waals surface area contributed by atoms with Crippen LogP contribution in [0.3, 0.4) is 0 Å². The third-order valence-corrected chi connectivity index (χ3v) is 3.20. The monoisotopic (exact) mass is 270 g/mol. The summed E-state index contributed by atoms with van der Waals surface area (Å²) in [6.45, 7) is 11.4. The van der Waals surface area contributed by atoms with Crippen LogP contribution in [-0.4, -0.2) is 23.0 Å². The predicted octanol–water partition coefficient (Wildman–Crippen LogP) is 4.37. The number of aromatic nitrogens is 1. The summed E-state index contributed by atoms with van der Waals surface area (Å²) < 4.78 is 0. The quantitative estimate of drug-likeness (QED) is 0.684. The molecule has 0 unspecified atom stereocenters. The van der Waals surface area contributed by atoms with E-state index in [1.165, 1.54) is 11.1 Å². The fourth-order valence-corrected chi connectivity index (χ4v) is 1.90. The molecule has 0 aliphatic carbocycles. The van der Waals surface area contributed by atoms with Crippen molar-refractivity contribution in [1.82, 2.24) is 9.88 Å². The van der Waals surface area contributed by atoms with E-state index >= 15 is 0 Å². The lowest BCUT2D eigenvalue weighted by Gasteiger charge is -2.21. The van der Waals surface area contributed by atoms with E-state index in [0.717, 1.165) is 25.3 Å². The van der Waals surface area contributed by atoms with Crippen molar-refractivity contribution in [3.05, 3.63) is 65.5 Å². The summed E-state index contributed by atoms with van der Waals surface area (Å²) in [6.07, 6.45) is 10.3. The Kier molecular flexibility index (Phi) is 7.59. The smallest absolute Gasteiger partial charge is 0.0544 e. The van der Waals surface area contributed by atoms with E-state index in [1.807, 2.05) is 31.3 Å². The average Bonchev–Trinajstić information content (AvgIpc) is 2.46. The van der Waals surface area contributed by atoms with Crippen molar-refractivity contribution in [2.24, 2.45) is 0 Å². The van der Waals surface area contributed by atoms with E-state index in [4.69, 9.17) is 0 Å². The Hall–Kier alpha value is -1.67. The first-order valence-electron chi connectivity index (χ1n) is 7.25. The highest BCUT2D eigenvalue weighted by atomic mass is 15.1. The number of likely N-dealkylation sites (N-methyl/N-ethyl adjacent to an activating group) is 1. The molecule has 1 aromatic heterocycles. The van der Waals surface area contributed by atoms with Crippen LogP contribution in [0.1, 0.15) is 33.4 Å². The highest BCUT2D eigenvalue weighted by Gasteiger charge is 2.07. The Morgan fingerprint density at radius 3 is 2.60 bits per heavy atom. The number of nitrogens with zero attached hydrogens (tertiary/aromatic N) is 2. The van der Waals surface area contributed by atoms with E-state index in [0.29, 0.717) is 0 Å². The van der Waals surface area contributed by atoms with Crippen molar-refractivity contribution in [3.63, 3.8) is 0 Å². The van der Waals surface area contributed by atoms with Crippen LogP contribution in [0.25, 0.3) is 0 Å². The molecule has 0 saturated heterocycles. The SMILES string of the molecule is C/C=C\C=C/C(CN(CC)Cc1ccccn1)=C(C)C. The summed E-state index contributed by atoms with van der Waals surface area (Å²) in [5, 5.41) is 0. The topological polar surface area (TPSA) is 16.1 Å². The normalized spacial score (nSPS) is 11.7. The summed E-state index contributed by atoms with van der Waals surface area (Å²) >= 11 is 0. The van der Waals surface area contributed by atoms with E-state index in [9.17, 15) is 0 Å². The lowest BCUT2D eigenvalue weighted by Crippen LogP contribution is -2.25. The molecular weight excluding hydrogens is 244 g/mol. The van der Waals surface area contributed by atoms with Crippen molar-refractivity contribution >= 4 is 0 Å². The van der Waals surface area contributed by atoms with Gasteiger partial charge in [0, 0.05) is 19.3 Å². The van der Waals surface area contributed by atoms with Crippen molar-refractivity contribution in [1.29, 1.82) is 0 Å². The first-order valence-corrected chi connectivity index (χ1v) is 7.25. The van der Waals surface area contributed by atoms with Crippen LogP contribution in [0.4, 0.5) is 0 Å². The van der Waals surface area contributed by atoms with Crippen LogP contribution in [0, 0.1) is 0 Å². The van der Waals surface area contributed by atoms with Gasteiger partial charge in [-0.05, 0) is 45.0 Å². The van der Waals surface area contributed by atoms with Crippen LogP contribution >= 0.6 is 0 Å². The van der Waals surface area contributed by atoms with E-state index in [-0.39, 0.29) is 0 Å². The molecule has 2 nitrogen and oxygen atoms in total. The molecule has 108 valence electrons. The van der Waals surface area contributed by atoms with E-state index in [2.05, 4.69) is 54.9 Å². The molecule has 1 heterocycles. The maximum Gasteiger partial charge on any atom is 0.0544 e. The third-order valence-electron chi connectivity index (χ3n) is 3.20. The molecule has 1 rings (SSSR count). The first-order chi connectivity index (χ1) is 9.67. The molecule has 1 aromatic rings. The zero-order chi connectivity index (χ0) is 14.8. The second-order valence-corrected chi connectivity index (χ2v) is 5.03. The second kappa shape index (κ2) is 9.27. The Morgan fingerprint density at radius 2 is 2.05 bits per heavy atom. The van der Waals surface area contributed by atoms with Gasteiger partial charge in [-0.3, -0.25) is 9.88 Å². The van der Waals surface area contributed by atoms with Gasteiger partial charge in [-0.25, -0.2) is 0 Å². The molecule has 0 fully saturated rings. The molecule has 0 bridgehead atoms. The molecule has 0 aliphatic heterocycles. The Bertz CT molecular complexity index is 465. The standard InChI is InChI=1S/C18H26N2/c1-5-7-8-11-17(16(3)4)14-20(6-2)15-18-12-9-10-13-19-18/h5,7-13H,6,14-15H2,1-4H3/b7-5-,11-8-. The lowest BCUT2D eigenvalue weighted by atomic mass is 10.1. The van der Waals surface area contributed by atoms with Gasteiger partial charge >= 0.3 is 0 Å². The first kappa shape index (κ1) is 16.4. The molecule has 0 saturated carbocycles. The van der Waals surface area contributed by atoms with Crippen LogP contribution in [0.15, 0.2) is 59.8 Å². The third kappa shape index (κ3) is 5.98. The molecule has 0 aromatic carbocycles. The molecule has 2 heteroatoms. The van der Waals surface area contributed by atoms with Gasteiger partial charge in [-0.2, -0.15) is 0 Å². The number of hydrogen-bond donors (Lipinski definition) is 0. The average molecular weight is 270 g/mol. The molecule has 0 amide bonds. The molecule has 0 radical (unpaired) electrons. The van der Waals surface area contributed by atoms with Crippen molar-refractivity contribution in [3.8, 4) is 0 Å². The molecule has 0 N–H and O–H groups in total. The van der Waals surface area contributed by atoms with Crippen molar-refractivity contribution in [2.75, 3.05) is 13.1 Å². The minimum absolute atomic E-state index is 0.894. The number of allylic oxidation sites excluding steroid dienone is 4. The van der Waals surface area contributed by atoms with Crippen LogP contribution in [0.2, 0.25) is 0 Å². The van der Waals surface area contributed by atoms with Gasteiger partial charge in [-0.15, -0.1) is 0 Å². The second-order valence-electron chi connectivity index (χ2n) is 5.03. The Morgan fingerprint density at radius 1 is 1.25 bits per heavy atom. The van der Waals surface area contributed by atoms with Gasteiger partial charge < -0.3 is 0 Å². The summed E-state index contributed by atoms with van der Waals surface area (Å²) in [6, 6.07) is 6.09. The van der Waals surface area contributed by atoms with E-state index < -0.39 is 0 Å². The van der Waals surface area contributed by atoms with Gasteiger partial charge in [0.05, 0.1) is 5.69 Å². The van der Waals surface area contributed by atoms with Gasteiger partial charge in [0.1, 0.15) is 0 Å².